The Balaban J connectivity index is 2.09. The SMILES string of the molecule is CCCOC(=O)COC(c1ccccc1)c1ccccc1. The Labute approximate surface area is 125 Å². The summed E-state index contributed by atoms with van der Waals surface area (Å²) in [5.41, 5.74) is 2.04. The molecule has 3 heteroatoms. The molecule has 2 aromatic rings. The molecule has 110 valence electrons. The van der Waals surface area contributed by atoms with E-state index in [0.717, 1.165) is 17.5 Å². The number of rotatable bonds is 7. The van der Waals surface area contributed by atoms with Crippen molar-refractivity contribution in [2.45, 2.75) is 19.4 Å². The molecular formula is C18H20O3. The van der Waals surface area contributed by atoms with Crippen LogP contribution < -0.4 is 0 Å². The summed E-state index contributed by atoms with van der Waals surface area (Å²) < 4.78 is 10.8. The zero-order valence-corrected chi connectivity index (χ0v) is 12.2. The fraction of sp³-hybridized carbons (Fsp3) is 0.278. The van der Waals surface area contributed by atoms with Crippen LogP contribution in [0.15, 0.2) is 60.7 Å². The smallest absolute Gasteiger partial charge is 0.332 e. The summed E-state index contributed by atoms with van der Waals surface area (Å²) in [5, 5.41) is 0. The average molecular weight is 284 g/mol. The van der Waals surface area contributed by atoms with Crippen LogP contribution in [0.5, 0.6) is 0 Å². The molecule has 0 saturated carbocycles. The van der Waals surface area contributed by atoms with Crippen molar-refractivity contribution >= 4 is 5.97 Å². The summed E-state index contributed by atoms with van der Waals surface area (Å²) in [6, 6.07) is 19.7. The Hall–Kier alpha value is -2.13. The van der Waals surface area contributed by atoms with E-state index in [2.05, 4.69) is 0 Å². The molecule has 0 aliphatic heterocycles. The zero-order chi connectivity index (χ0) is 14.9. The highest BCUT2D eigenvalue weighted by atomic mass is 16.6. The molecule has 2 rings (SSSR count). The minimum atomic E-state index is -0.325. The Morgan fingerprint density at radius 3 is 1.95 bits per heavy atom. The molecular weight excluding hydrogens is 264 g/mol. The highest BCUT2D eigenvalue weighted by Crippen LogP contribution is 2.25. The van der Waals surface area contributed by atoms with Gasteiger partial charge in [-0.1, -0.05) is 67.6 Å². The van der Waals surface area contributed by atoms with Gasteiger partial charge < -0.3 is 9.47 Å². The van der Waals surface area contributed by atoms with Crippen molar-refractivity contribution in [1.82, 2.24) is 0 Å². The molecule has 0 heterocycles. The standard InChI is InChI=1S/C18H20O3/c1-2-13-20-17(19)14-21-18(15-9-5-3-6-10-15)16-11-7-4-8-12-16/h3-12,18H,2,13-14H2,1H3. The lowest BCUT2D eigenvalue weighted by molar-refractivity contribution is -0.150. The molecule has 0 spiro atoms. The summed E-state index contributed by atoms with van der Waals surface area (Å²) in [6.45, 7) is 2.35. The van der Waals surface area contributed by atoms with Crippen molar-refractivity contribution in [2.75, 3.05) is 13.2 Å². The van der Waals surface area contributed by atoms with E-state index in [-0.39, 0.29) is 18.7 Å². The molecule has 2 aromatic carbocycles. The monoisotopic (exact) mass is 284 g/mol. The first-order chi connectivity index (χ1) is 10.3. The van der Waals surface area contributed by atoms with Crippen LogP contribution in [0.25, 0.3) is 0 Å². The number of esters is 1. The Kier molecular flexibility index (Phi) is 5.98. The number of hydrogen-bond acceptors (Lipinski definition) is 3. The largest absolute Gasteiger partial charge is 0.464 e. The van der Waals surface area contributed by atoms with Gasteiger partial charge in [0, 0.05) is 0 Å². The van der Waals surface area contributed by atoms with Gasteiger partial charge in [0.05, 0.1) is 6.61 Å². The molecule has 0 fully saturated rings. The minimum absolute atomic E-state index is 0.0472. The maximum Gasteiger partial charge on any atom is 0.332 e. The van der Waals surface area contributed by atoms with Gasteiger partial charge in [-0.15, -0.1) is 0 Å². The van der Waals surface area contributed by atoms with E-state index in [1.165, 1.54) is 0 Å². The molecule has 0 bridgehead atoms. The van der Waals surface area contributed by atoms with Gasteiger partial charge in [-0.25, -0.2) is 4.79 Å². The molecule has 3 nitrogen and oxygen atoms in total. The molecule has 0 aliphatic rings. The van der Waals surface area contributed by atoms with E-state index < -0.39 is 0 Å². The molecule has 0 saturated heterocycles. The summed E-state index contributed by atoms with van der Waals surface area (Å²) in [5.74, 6) is -0.325. The third-order valence-corrected chi connectivity index (χ3v) is 3.04. The highest BCUT2D eigenvalue weighted by Gasteiger charge is 2.16. The topological polar surface area (TPSA) is 35.5 Å². The van der Waals surface area contributed by atoms with E-state index in [4.69, 9.17) is 9.47 Å². The second-order valence-corrected chi connectivity index (χ2v) is 4.73. The van der Waals surface area contributed by atoms with E-state index in [1.54, 1.807) is 0 Å². The van der Waals surface area contributed by atoms with Crippen LogP contribution in [0, 0.1) is 0 Å². The Morgan fingerprint density at radius 1 is 0.952 bits per heavy atom. The van der Waals surface area contributed by atoms with E-state index >= 15 is 0 Å². The summed E-state index contributed by atoms with van der Waals surface area (Å²) >= 11 is 0. The summed E-state index contributed by atoms with van der Waals surface area (Å²) in [4.78, 5) is 11.6. The lowest BCUT2D eigenvalue weighted by Gasteiger charge is -2.18. The van der Waals surface area contributed by atoms with Crippen molar-refractivity contribution in [2.24, 2.45) is 0 Å². The molecule has 0 aliphatic carbocycles. The lowest BCUT2D eigenvalue weighted by atomic mass is 10.0. The molecule has 21 heavy (non-hydrogen) atoms. The molecule has 0 N–H and O–H groups in total. The van der Waals surface area contributed by atoms with E-state index in [1.807, 2.05) is 67.6 Å². The van der Waals surface area contributed by atoms with Crippen LogP contribution in [-0.2, 0) is 14.3 Å². The summed E-state index contributed by atoms with van der Waals surface area (Å²) in [7, 11) is 0. The van der Waals surface area contributed by atoms with Gasteiger partial charge in [-0.05, 0) is 17.5 Å². The first-order valence-electron chi connectivity index (χ1n) is 7.18. The van der Waals surface area contributed by atoms with Gasteiger partial charge in [0.2, 0.25) is 0 Å². The van der Waals surface area contributed by atoms with Gasteiger partial charge in [-0.2, -0.15) is 0 Å². The van der Waals surface area contributed by atoms with Crippen molar-refractivity contribution in [1.29, 1.82) is 0 Å². The number of carbonyl (C=O) groups excluding carboxylic acids is 1. The second kappa shape index (κ2) is 8.22. The molecule has 0 amide bonds. The predicted octanol–water partition coefficient (Wildman–Crippen LogP) is 3.75. The first-order valence-corrected chi connectivity index (χ1v) is 7.18. The van der Waals surface area contributed by atoms with Gasteiger partial charge >= 0.3 is 5.97 Å². The third kappa shape index (κ3) is 4.72. The van der Waals surface area contributed by atoms with Crippen molar-refractivity contribution in [3.63, 3.8) is 0 Å². The first kappa shape index (κ1) is 15.3. The van der Waals surface area contributed by atoms with Crippen molar-refractivity contribution in [3.05, 3.63) is 71.8 Å². The number of carbonyl (C=O) groups is 1. The molecule has 0 aromatic heterocycles. The van der Waals surface area contributed by atoms with Crippen LogP contribution in [-0.4, -0.2) is 19.2 Å². The van der Waals surface area contributed by atoms with E-state index in [9.17, 15) is 4.79 Å². The van der Waals surface area contributed by atoms with Gasteiger partial charge in [-0.3, -0.25) is 0 Å². The Morgan fingerprint density at radius 2 is 1.48 bits per heavy atom. The fourth-order valence-corrected chi connectivity index (χ4v) is 2.05. The Bertz CT molecular complexity index is 497. The van der Waals surface area contributed by atoms with Crippen LogP contribution in [0.1, 0.15) is 30.6 Å². The lowest BCUT2D eigenvalue weighted by Crippen LogP contribution is -2.16. The van der Waals surface area contributed by atoms with E-state index in [0.29, 0.717) is 6.61 Å². The van der Waals surface area contributed by atoms with Crippen LogP contribution in [0.2, 0.25) is 0 Å². The molecule has 0 unspecified atom stereocenters. The van der Waals surface area contributed by atoms with Crippen molar-refractivity contribution in [3.8, 4) is 0 Å². The van der Waals surface area contributed by atoms with Gasteiger partial charge in [0.15, 0.2) is 0 Å². The third-order valence-electron chi connectivity index (χ3n) is 3.04. The average Bonchev–Trinajstić information content (AvgIpc) is 2.55. The predicted molar refractivity (Wildman–Crippen MR) is 81.9 cm³/mol. The second-order valence-electron chi connectivity index (χ2n) is 4.73. The van der Waals surface area contributed by atoms with Crippen LogP contribution in [0.3, 0.4) is 0 Å². The quantitative estimate of drug-likeness (QED) is 0.726. The number of ether oxygens (including phenoxy) is 2. The molecule has 0 atom stereocenters. The van der Waals surface area contributed by atoms with Crippen LogP contribution >= 0.6 is 0 Å². The van der Waals surface area contributed by atoms with Crippen LogP contribution in [0.4, 0.5) is 0 Å². The van der Waals surface area contributed by atoms with Gasteiger partial charge in [0.25, 0.3) is 0 Å². The molecule has 0 radical (unpaired) electrons. The minimum Gasteiger partial charge on any atom is -0.464 e. The number of hydrogen-bond donors (Lipinski definition) is 0. The maximum atomic E-state index is 11.6. The van der Waals surface area contributed by atoms with Gasteiger partial charge in [0.1, 0.15) is 12.7 Å². The zero-order valence-electron chi connectivity index (χ0n) is 12.2. The fourth-order valence-electron chi connectivity index (χ4n) is 2.05. The normalized spacial score (nSPS) is 10.6. The number of benzene rings is 2. The summed E-state index contributed by atoms with van der Waals surface area (Å²) in [6.07, 6.45) is 0.550. The van der Waals surface area contributed by atoms with Crippen molar-refractivity contribution < 1.29 is 14.3 Å². The highest BCUT2D eigenvalue weighted by molar-refractivity contribution is 5.70. The maximum absolute atomic E-state index is 11.6.